The first-order chi connectivity index (χ1) is 32.7. The molecular weight excluding hydrogens is 841 g/mol. The van der Waals surface area contributed by atoms with Crippen LogP contribution >= 0.6 is 0 Å². The first-order valence-electron chi connectivity index (χ1n) is 24.5. The van der Waals surface area contributed by atoms with Gasteiger partial charge >= 0.3 is 0 Å². The van der Waals surface area contributed by atoms with Crippen molar-refractivity contribution in [3.05, 3.63) is 192 Å². The summed E-state index contributed by atoms with van der Waals surface area (Å²) in [5.41, 5.74) is 16.7. The highest BCUT2D eigenvalue weighted by Crippen LogP contribution is 2.51. The molecule has 2 aromatic heterocycles. The van der Waals surface area contributed by atoms with Gasteiger partial charge in [-0.3, -0.25) is 4.57 Å². The van der Waals surface area contributed by atoms with E-state index in [0.717, 1.165) is 50.7 Å². The van der Waals surface area contributed by atoms with E-state index < -0.39 is 0 Å². The van der Waals surface area contributed by atoms with Crippen LogP contribution < -0.4 is 14.5 Å². The Hall–Kier alpha value is -7.11. The molecule has 5 nitrogen and oxygen atoms in total. The quantitative estimate of drug-likeness (QED) is 0.160. The minimum absolute atomic E-state index is 0.0177. The van der Waals surface area contributed by atoms with Crippen molar-refractivity contribution in [2.75, 3.05) is 16.5 Å². The molecule has 5 heteroatoms. The van der Waals surface area contributed by atoms with Gasteiger partial charge in [0.1, 0.15) is 24.0 Å². The second-order valence-electron chi connectivity index (χ2n) is 23.1. The van der Waals surface area contributed by atoms with Crippen molar-refractivity contribution in [1.29, 1.82) is 0 Å². The third kappa shape index (κ3) is 8.69. The lowest BCUT2D eigenvalue weighted by atomic mass is 9.80. The van der Waals surface area contributed by atoms with Crippen molar-refractivity contribution in [3.8, 4) is 39.6 Å². The molecule has 0 radical (unpaired) electrons. The van der Waals surface area contributed by atoms with Crippen LogP contribution in [0.5, 0.6) is 11.5 Å². The van der Waals surface area contributed by atoms with Crippen molar-refractivity contribution in [3.63, 3.8) is 0 Å². The second kappa shape index (κ2) is 16.8. The maximum absolute atomic E-state index is 6.89. The average Bonchev–Trinajstić information content (AvgIpc) is 3.87. The molecule has 7 aromatic carbocycles. The Labute approximate surface area is 410 Å². The van der Waals surface area contributed by atoms with Gasteiger partial charge in [0.25, 0.3) is 0 Å². The smallest absolute Gasteiger partial charge is 0.137 e. The van der Waals surface area contributed by atoms with E-state index in [4.69, 9.17) is 9.72 Å². The number of rotatable bonds is 7. The van der Waals surface area contributed by atoms with Crippen LogP contribution in [-0.4, -0.2) is 16.2 Å². The summed E-state index contributed by atoms with van der Waals surface area (Å²) in [5, 5.41) is 2.33. The second-order valence-corrected chi connectivity index (χ2v) is 23.1. The minimum Gasteiger partial charge on any atom is -0.457 e. The van der Waals surface area contributed by atoms with Crippen LogP contribution in [0.15, 0.2) is 170 Å². The van der Waals surface area contributed by atoms with Crippen molar-refractivity contribution in [2.45, 2.75) is 105 Å². The molecule has 0 aliphatic carbocycles. The number of nitrogens with zero attached hydrogens (tertiary/aromatic N) is 4. The third-order valence-corrected chi connectivity index (χ3v) is 13.9. The van der Waals surface area contributed by atoms with Crippen LogP contribution in [0, 0.1) is 0 Å². The van der Waals surface area contributed by atoms with Gasteiger partial charge in [0.15, 0.2) is 0 Å². The Balaban J connectivity index is 1.04. The van der Waals surface area contributed by atoms with Crippen molar-refractivity contribution < 1.29 is 4.74 Å². The Morgan fingerprint density at radius 2 is 1.06 bits per heavy atom. The molecule has 1 aliphatic rings. The molecule has 0 bridgehead atoms. The van der Waals surface area contributed by atoms with Gasteiger partial charge in [0.2, 0.25) is 0 Å². The lowest BCUT2D eigenvalue weighted by molar-refractivity contribution is 0.483. The molecule has 1 aliphatic heterocycles. The van der Waals surface area contributed by atoms with Crippen molar-refractivity contribution in [2.24, 2.45) is 0 Å². The fourth-order valence-corrected chi connectivity index (χ4v) is 9.91. The van der Waals surface area contributed by atoms with E-state index in [1.165, 1.54) is 55.7 Å². The molecule has 348 valence electrons. The van der Waals surface area contributed by atoms with Gasteiger partial charge in [-0.25, -0.2) is 4.98 Å². The highest BCUT2D eigenvalue weighted by molar-refractivity contribution is 6.09. The van der Waals surface area contributed by atoms with Gasteiger partial charge in [-0.1, -0.05) is 180 Å². The van der Waals surface area contributed by atoms with E-state index in [2.05, 4.69) is 267 Å². The van der Waals surface area contributed by atoms with Gasteiger partial charge < -0.3 is 14.5 Å². The van der Waals surface area contributed by atoms with E-state index in [0.29, 0.717) is 6.67 Å². The predicted molar refractivity (Wildman–Crippen MR) is 293 cm³/mol. The number of para-hydroxylation sites is 2. The molecule has 3 heterocycles. The Morgan fingerprint density at radius 3 is 1.74 bits per heavy atom. The highest BCUT2D eigenvalue weighted by atomic mass is 16.5. The van der Waals surface area contributed by atoms with E-state index in [1.807, 2.05) is 0 Å². The van der Waals surface area contributed by atoms with Crippen molar-refractivity contribution in [1.82, 2.24) is 9.55 Å². The first kappa shape index (κ1) is 45.7. The average molecular weight is 907 g/mol. The largest absolute Gasteiger partial charge is 0.457 e. The topological polar surface area (TPSA) is 33.5 Å². The number of benzene rings is 7. The maximum Gasteiger partial charge on any atom is 0.137 e. The number of ether oxygens (including phenoxy) is 1. The minimum atomic E-state index is -0.129. The SMILES string of the molecule is CC(C)(C)c1ccc(-c2cnc(-n3c4ccccc4c4ccc(Oc5cccc(N6CN(c7cc(C(C)(C)C)cc(C(C)(C)C)c7)c7c(-c8ccccc8)cccc76)c5)cc43)cc2C(C)(C)C)cc1. The summed E-state index contributed by atoms with van der Waals surface area (Å²) in [6.07, 6.45) is 2.07. The van der Waals surface area contributed by atoms with Gasteiger partial charge in [0.05, 0.1) is 22.4 Å². The summed E-state index contributed by atoms with van der Waals surface area (Å²) in [6, 6.07) is 59.7. The van der Waals surface area contributed by atoms with Crippen LogP contribution in [0.2, 0.25) is 0 Å². The Bertz CT molecular complexity index is 3340. The summed E-state index contributed by atoms with van der Waals surface area (Å²) in [7, 11) is 0. The van der Waals surface area contributed by atoms with E-state index in [-0.39, 0.29) is 21.7 Å². The lowest BCUT2D eigenvalue weighted by Crippen LogP contribution is -2.25. The Kier molecular flexibility index (Phi) is 11.1. The summed E-state index contributed by atoms with van der Waals surface area (Å²) in [6.45, 7) is 28.2. The molecule has 0 fully saturated rings. The first-order valence-corrected chi connectivity index (χ1v) is 24.5. The molecule has 0 atom stereocenters. The summed E-state index contributed by atoms with van der Waals surface area (Å²) < 4.78 is 9.19. The monoisotopic (exact) mass is 907 g/mol. The standard InChI is InChI=1S/C64H66N4O/c1-61(2,3)44-30-28-43(29-31-44)54-40-65-59(39-55(54)64(10,11)12)68-56-26-17-16-24-52(56)53-33-32-50(38-58(53)68)69-49-23-18-22-47(37-49)66-41-67(48-35-45(62(4,5)6)34-46(36-48)63(7,8)9)60-51(25-19-27-57(60)66)42-20-14-13-15-21-42/h13-40H,41H2,1-12H3. The number of hydrogen-bond acceptors (Lipinski definition) is 4. The molecule has 0 amide bonds. The molecule has 0 spiro atoms. The molecule has 0 saturated carbocycles. The maximum atomic E-state index is 6.89. The van der Waals surface area contributed by atoms with Crippen LogP contribution in [0.1, 0.15) is 105 Å². The van der Waals surface area contributed by atoms with Crippen LogP contribution in [0.4, 0.5) is 22.7 Å². The number of pyridine rings is 1. The number of hydrogen-bond donors (Lipinski definition) is 0. The molecule has 9 aromatic rings. The zero-order chi connectivity index (χ0) is 48.6. The number of aromatic nitrogens is 2. The molecular formula is C64H66N4O. The van der Waals surface area contributed by atoms with E-state index in [9.17, 15) is 0 Å². The Morgan fingerprint density at radius 1 is 0.435 bits per heavy atom. The number of fused-ring (bicyclic) bond motifs is 4. The van der Waals surface area contributed by atoms with Crippen LogP contribution in [0.3, 0.4) is 0 Å². The predicted octanol–water partition coefficient (Wildman–Crippen LogP) is 17.7. The normalized spacial score (nSPS) is 13.4. The molecule has 0 N–H and O–H groups in total. The van der Waals surface area contributed by atoms with Crippen molar-refractivity contribution >= 4 is 44.6 Å². The zero-order valence-electron chi connectivity index (χ0n) is 42.6. The van der Waals surface area contributed by atoms with Gasteiger partial charge in [-0.05, 0) is 110 Å². The van der Waals surface area contributed by atoms with E-state index in [1.54, 1.807) is 0 Å². The fraction of sp³-hybridized carbons (Fsp3) is 0.266. The number of anilines is 4. The van der Waals surface area contributed by atoms with Gasteiger partial charge in [-0.15, -0.1) is 0 Å². The fourth-order valence-electron chi connectivity index (χ4n) is 9.91. The molecule has 0 unspecified atom stereocenters. The third-order valence-electron chi connectivity index (χ3n) is 13.9. The summed E-state index contributed by atoms with van der Waals surface area (Å²) in [5.74, 6) is 2.42. The van der Waals surface area contributed by atoms with Crippen LogP contribution in [-0.2, 0) is 21.7 Å². The van der Waals surface area contributed by atoms with Crippen LogP contribution in [0.25, 0.3) is 49.9 Å². The van der Waals surface area contributed by atoms with E-state index >= 15 is 0 Å². The summed E-state index contributed by atoms with van der Waals surface area (Å²) >= 11 is 0. The highest BCUT2D eigenvalue weighted by Gasteiger charge is 2.33. The molecule has 10 rings (SSSR count). The molecule has 69 heavy (non-hydrogen) atoms. The van der Waals surface area contributed by atoms with Gasteiger partial charge in [-0.2, -0.15) is 0 Å². The van der Waals surface area contributed by atoms with Gasteiger partial charge in [0, 0.05) is 51.6 Å². The summed E-state index contributed by atoms with van der Waals surface area (Å²) in [4.78, 5) is 10.2. The zero-order valence-corrected chi connectivity index (χ0v) is 42.6. The molecule has 0 saturated heterocycles. The lowest BCUT2D eigenvalue weighted by Gasteiger charge is -2.30.